The Morgan fingerprint density at radius 1 is 1.10 bits per heavy atom. The lowest BCUT2D eigenvalue weighted by molar-refractivity contribution is 0.0564. The summed E-state index contributed by atoms with van der Waals surface area (Å²) < 4.78 is 0. The van der Waals surface area contributed by atoms with Gasteiger partial charge in [-0.25, -0.2) is 0 Å². The second-order valence-corrected chi connectivity index (χ2v) is 6.71. The molecular weight excluding hydrogens is 260 g/mol. The smallest absolute Gasteiger partial charge is 0.253 e. The number of hydrogen-bond donors (Lipinski definition) is 0. The molecule has 1 aromatic carbocycles. The van der Waals surface area contributed by atoms with Crippen molar-refractivity contribution < 1.29 is 4.79 Å². The van der Waals surface area contributed by atoms with E-state index in [0.29, 0.717) is 6.04 Å². The van der Waals surface area contributed by atoms with Gasteiger partial charge in [-0.05, 0) is 62.8 Å². The van der Waals surface area contributed by atoms with Gasteiger partial charge in [0.15, 0.2) is 0 Å². The molecule has 0 bridgehead atoms. The number of nitrogens with zero attached hydrogens (tertiary/aromatic N) is 2. The first-order valence-corrected chi connectivity index (χ1v) is 8.17. The summed E-state index contributed by atoms with van der Waals surface area (Å²) in [5.74, 6) is 1.10. The molecule has 21 heavy (non-hydrogen) atoms. The van der Waals surface area contributed by atoms with Crippen LogP contribution in [-0.2, 0) is 0 Å². The zero-order chi connectivity index (χ0) is 15.0. The van der Waals surface area contributed by atoms with Crippen molar-refractivity contribution in [3.63, 3.8) is 0 Å². The van der Waals surface area contributed by atoms with Crippen LogP contribution in [0.1, 0.15) is 41.3 Å². The molecule has 0 radical (unpaired) electrons. The van der Waals surface area contributed by atoms with Gasteiger partial charge in [0.1, 0.15) is 0 Å². The van der Waals surface area contributed by atoms with Crippen LogP contribution in [-0.4, -0.2) is 47.9 Å². The number of piperazine rings is 1. The summed E-state index contributed by atoms with van der Waals surface area (Å²) in [6.45, 7) is 10.3. The fourth-order valence-electron chi connectivity index (χ4n) is 3.27. The molecule has 3 heteroatoms. The number of aryl methyl sites for hydroxylation is 2. The maximum absolute atomic E-state index is 12.6. The minimum absolute atomic E-state index is 0.192. The van der Waals surface area contributed by atoms with E-state index in [1.54, 1.807) is 0 Å². The highest BCUT2D eigenvalue weighted by atomic mass is 16.2. The van der Waals surface area contributed by atoms with Gasteiger partial charge >= 0.3 is 0 Å². The van der Waals surface area contributed by atoms with Crippen LogP contribution in [0.4, 0.5) is 0 Å². The lowest BCUT2D eigenvalue weighted by Crippen LogP contribution is -2.51. The van der Waals surface area contributed by atoms with Crippen LogP contribution < -0.4 is 0 Å². The monoisotopic (exact) mass is 286 g/mol. The third-order valence-corrected chi connectivity index (χ3v) is 5.24. The summed E-state index contributed by atoms with van der Waals surface area (Å²) in [4.78, 5) is 17.2. The van der Waals surface area contributed by atoms with Gasteiger partial charge in [0.25, 0.3) is 5.91 Å². The zero-order valence-corrected chi connectivity index (χ0v) is 13.4. The third-order valence-electron chi connectivity index (χ3n) is 5.24. The minimum Gasteiger partial charge on any atom is -0.336 e. The Hall–Kier alpha value is -1.35. The first-order valence-electron chi connectivity index (χ1n) is 8.17. The molecule has 114 valence electrons. The largest absolute Gasteiger partial charge is 0.336 e. The molecule has 2 aliphatic rings. The van der Waals surface area contributed by atoms with Crippen LogP contribution in [0.15, 0.2) is 18.2 Å². The summed E-state index contributed by atoms with van der Waals surface area (Å²) >= 11 is 0. The fraction of sp³-hybridized carbons (Fsp3) is 0.611. The summed E-state index contributed by atoms with van der Waals surface area (Å²) in [5.41, 5.74) is 3.28. The van der Waals surface area contributed by atoms with Crippen molar-refractivity contribution in [2.45, 2.75) is 39.7 Å². The van der Waals surface area contributed by atoms with Crippen LogP contribution in [0.5, 0.6) is 0 Å². The van der Waals surface area contributed by atoms with E-state index < -0.39 is 0 Å². The molecule has 1 aromatic rings. The Kier molecular flexibility index (Phi) is 4.03. The van der Waals surface area contributed by atoms with Crippen molar-refractivity contribution in [1.82, 2.24) is 9.80 Å². The third kappa shape index (κ3) is 3.13. The molecule has 0 spiro atoms. The molecule has 1 heterocycles. The van der Waals surface area contributed by atoms with Gasteiger partial charge < -0.3 is 4.90 Å². The number of hydrogen-bond acceptors (Lipinski definition) is 2. The SMILES string of the molecule is Cc1ccc(C(=O)N2CCN(C(C)C3CC3)CC2)cc1C. The van der Waals surface area contributed by atoms with Crippen molar-refractivity contribution >= 4 is 5.91 Å². The van der Waals surface area contributed by atoms with Crippen molar-refractivity contribution in [3.05, 3.63) is 34.9 Å². The maximum atomic E-state index is 12.6. The van der Waals surface area contributed by atoms with Gasteiger partial charge in [-0.1, -0.05) is 6.07 Å². The zero-order valence-electron chi connectivity index (χ0n) is 13.4. The van der Waals surface area contributed by atoms with Crippen LogP contribution in [0, 0.1) is 19.8 Å². The van der Waals surface area contributed by atoms with E-state index in [4.69, 9.17) is 0 Å². The number of carbonyl (C=O) groups is 1. The van der Waals surface area contributed by atoms with Gasteiger partial charge in [-0.15, -0.1) is 0 Å². The van der Waals surface area contributed by atoms with E-state index in [9.17, 15) is 4.79 Å². The quantitative estimate of drug-likeness (QED) is 0.853. The van der Waals surface area contributed by atoms with E-state index in [1.165, 1.54) is 24.0 Å². The second kappa shape index (κ2) is 5.80. The van der Waals surface area contributed by atoms with Crippen molar-refractivity contribution in [1.29, 1.82) is 0 Å². The summed E-state index contributed by atoms with van der Waals surface area (Å²) in [6.07, 6.45) is 2.78. The van der Waals surface area contributed by atoms with Crippen LogP contribution in [0.2, 0.25) is 0 Å². The van der Waals surface area contributed by atoms with E-state index in [1.807, 2.05) is 23.1 Å². The predicted molar refractivity (Wildman–Crippen MR) is 85.6 cm³/mol. The van der Waals surface area contributed by atoms with E-state index in [0.717, 1.165) is 37.7 Å². The maximum Gasteiger partial charge on any atom is 0.253 e. The Morgan fingerprint density at radius 3 is 2.33 bits per heavy atom. The average Bonchev–Trinajstić information content (AvgIpc) is 3.33. The van der Waals surface area contributed by atoms with Gasteiger partial charge in [-0.3, -0.25) is 9.69 Å². The van der Waals surface area contributed by atoms with Crippen molar-refractivity contribution in [3.8, 4) is 0 Å². The highest BCUT2D eigenvalue weighted by Crippen LogP contribution is 2.35. The van der Waals surface area contributed by atoms with Gasteiger partial charge in [-0.2, -0.15) is 0 Å². The Balaban J connectivity index is 1.60. The first-order chi connectivity index (χ1) is 10.1. The van der Waals surface area contributed by atoms with Gasteiger partial charge in [0.2, 0.25) is 0 Å². The number of rotatable bonds is 3. The Morgan fingerprint density at radius 2 is 1.76 bits per heavy atom. The summed E-state index contributed by atoms with van der Waals surface area (Å²) in [6, 6.07) is 6.73. The highest BCUT2D eigenvalue weighted by molar-refractivity contribution is 5.94. The normalized spacial score (nSPS) is 21.4. The fourth-order valence-corrected chi connectivity index (χ4v) is 3.27. The number of benzene rings is 1. The first kappa shape index (κ1) is 14.6. The van der Waals surface area contributed by atoms with Crippen LogP contribution in [0.3, 0.4) is 0 Å². The van der Waals surface area contributed by atoms with Crippen LogP contribution >= 0.6 is 0 Å². The molecule has 1 aliphatic heterocycles. The molecule has 1 aliphatic carbocycles. The topological polar surface area (TPSA) is 23.6 Å². The van der Waals surface area contributed by atoms with Crippen molar-refractivity contribution in [2.75, 3.05) is 26.2 Å². The van der Waals surface area contributed by atoms with E-state index in [-0.39, 0.29) is 5.91 Å². The second-order valence-electron chi connectivity index (χ2n) is 6.71. The molecule has 1 saturated carbocycles. The Labute approximate surface area is 127 Å². The molecule has 0 aromatic heterocycles. The molecule has 1 unspecified atom stereocenters. The van der Waals surface area contributed by atoms with Crippen molar-refractivity contribution in [2.24, 2.45) is 5.92 Å². The molecule has 3 nitrogen and oxygen atoms in total. The van der Waals surface area contributed by atoms with Gasteiger partial charge in [0.05, 0.1) is 0 Å². The average molecular weight is 286 g/mol. The Bertz CT molecular complexity index is 528. The minimum atomic E-state index is 0.192. The molecule has 2 fully saturated rings. The molecule has 1 amide bonds. The van der Waals surface area contributed by atoms with E-state index >= 15 is 0 Å². The predicted octanol–water partition coefficient (Wildman–Crippen LogP) is 2.86. The lowest BCUT2D eigenvalue weighted by Gasteiger charge is -2.38. The summed E-state index contributed by atoms with van der Waals surface area (Å²) in [5, 5.41) is 0. The van der Waals surface area contributed by atoms with Gasteiger partial charge in [0, 0.05) is 37.8 Å². The molecular formula is C18H26N2O. The summed E-state index contributed by atoms with van der Waals surface area (Å²) in [7, 11) is 0. The highest BCUT2D eigenvalue weighted by Gasteiger charge is 2.34. The molecule has 0 N–H and O–H groups in total. The molecule has 1 saturated heterocycles. The van der Waals surface area contributed by atoms with E-state index in [2.05, 4.69) is 25.7 Å². The van der Waals surface area contributed by atoms with Crippen LogP contribution in [0.25, 0.3) is 0 Å². The standard InChI is InChI=1S/C18H26N2O/c1-13-4-5-17(12-14(13)2)18(21)20-10-8-19(9-11-20)15(3)16-6-7-16/h4-5,12,15-16H,6-11H2,1-3H3. The number of amides is 1. The number of carbonyl (C=O) groups excluding carboxylic acids is 1. The molecule has 3 rings (SSSR count). The lowest BCUT2D eigenvalue weighted by atomic mass is 10.0. The molecule has 1 atom stereocenters.